The zero-order valence-corrected chi connectivity index (χ0v) is 12.7. The van der Waals surface area contributed by atoms with Gasteiger partial charge in [0.25, 0.3) is 0 Å². The highest BCUT2D eigenvalue weighted by Gasteiger charge is 2.21. The summed E-state index contributed by atoms with van der Waals surface area (Å²) in [6.07, 6.45) is 5.20. The van der Waals surface area contributed by atoms with E-state index in [1.165, 1.54) is 10.7 Å². The number of methoxy groups -OCH3 is 1. The van der Waals surface area contributed by atoms with Crippen LogP contribution in [0, 0.1) is 5.92 Å². The van der Waals surface area contributed by atoms with Crippen LogP contribution in [0.5, 0.6) is 0 Å². The Morgan fingerprint density at radius 1 is 1.45 bits per heavy atom. The van der Waals surface area contributed by atoms with Crippen molar-refractivity contribution >= 4 is 11.3 Å². The maximum Gasteiger partial charge on any atom is 0.107 e. The van der Waals surface area contributed by atoms with Crippen LogP contribution in [0.4, 0.5) is 0 Å². The van der Waals surface area contributed by atoms with Gasteiger partial charge in [-0.25, -0.2) is 4.98 Å². The van der Waals surface area contributed by atoms with E-state index in [4.69, 9.17) is 4.74 Å². The summed E-state index contributed by atoms with van der Waals surface area (Å²) >= 11 is 1.74. The maximum atomic E-state index is 5.26. The van der Waals surface area contributed by atoms with Crippen molar-refractivity contribution in [1.29, 1.82) is 0 Å². The standard InChI is InChI=1S/C15H21N3OS/c1-19-7-4-13-9-17(12-15-16-5-8-20-15)11-14-3-2-6-18(14)10-13/h2-3,5-6,8,13H,4,7,9-12H2,1H3/t13-/m1/s1. The number of hydrogen-bond acceptors (Lipinski definition) is 4. The molecule has 0 saturated carbocycles. The fourth-order valence-electron chi connectivity index (χ4n) is 2.88. The third-order valence-corrected chi connectivity index (χ3v) is 4.62. The van der Waals surface area contributed by atoms with Gasteiger partial charge >= 0.3 is 0 Å². The molecule has 20 heavy (non-hydrogen) atoms. The van der Waals surface area contributed by atoms with Gasteiger partial charge in [0.2, 0.25) is 0 Å². The van der Waals surface area contributed by atoms with E-state index in [2.05, 4.69) is 38.2 Å². The normalized spacial score (nSPS) is 19.8. The van der Waals surface area contributed by atoms with E-state index in [1.807, 2.05) is 6.20 Å². The monoisotopic (exact) mass is 291 g/mol. The van der Waals surface area contributed by atoms with Gasteiger partial charge in [0.05, 0.1) is 6.54 Å². The Balaban J connectivity index is 1.73. The predicted octanol–water partition coefficient (Wildman–Crippen LogP) is 2.61. The average Bonchev–Trinajstić information content (AvgIpc) is 3.06. The molecule has 3 heterocycles. The molecule has 0 spiro atoms. The molecule has 1 aliphatic heterocycles. The van der Waals surface area contributed by atoms with E-state index in [9.17, 15) is 0 Å². The smallest absolute Gasteiger partial charge is 0.107 e. The van der Waals surface area contributed by atoms with Gasteiger partial charge in [0.15, 0.2) is 0 Å². The molecule has 108 valence electrons. The second-order valence-corrected chi connectivity index (χ2v) is 6.37. The molecular formula is C15H21N3OS. The van der Waals surface area contributed by atoms with E-state index in [0.717, 1.165) is 39.2 Å². The van der Waals surface area contributed by atoms with Gasteiger partial charge in [-0.3, -0.25) is 4.90 Å². The Morgan fingerprint density at radius 3 is 3.20 bits per heavy atom. The molecule has 0 saturated heterocycles. The van der Waals surface area contributed by atoms with Crippen molar-refractivity contribution in [3.8, 4) is 0 Å². The van der Waals surface area contributed by atoms with Gasteiger partial charge in [-0.1, -0.05) is 0 Å². The summed E-state index contributed by atoms with van der Waals surface area (Å²) < 4.78 is 7.65. The van der Waals surface area contributed by atoms with Gasteiger partial charge in [0, 0.05) is 56.8 Å². The highest BCUT2D eigenvalue weighted by molar-refractivity contribution is 7.09. The predicted molar refractivity (Wildman–Crippen MR) is 80.6 cm³/mol. The summed E-state index contributed by atoms with van der Waals surface area (Å²) in [7, 11) is 1.78. The van der Waals surface area contributed by atoms with Crippen LogP contribution in [0.3, 0.4) is 0 Å². The van der Waals surface area contributed by atoms with Crippen molar-refractivity contribution in [2.24, 2.45) is 5.92 Å². The SMILES string of the molecule is COCC[C@@H]1CN(Cc2nccs2)Cc2cccn2C1. The molecule has 1 atom stereocenters. The summed E-state index contributed by atoms with van der Waals surface area (Å²) in [5.74, 6) is 0.642. The molecule has 0 fully saturated rings. The molecule has 0 radical (unpaired) electrons. The van der Waals surface area contributed by atoms with E-state index in [0.29, 0.717) is 5.92 Å². The van der Waals surface area contributed by atoms with E-state index in [-0.39, 0.29) is 0 Å². The molecule has 0 N–H and O–H groups in total. The molecule has 2 aromatic heterocycles. The number of aromatic nitrogens is 2. The Morgan fingerprint density at radius 2 is 2.40 bits per heavy atom. The number of hydrogen-bond donors (Lipinski definition) is 0. The lowest BCUT2D eigenvalue weighted by Crippen LogP contribution is -2.28. The maximum absolute atomic E-state index is 5.26. The fourth-order valence-corrected chi connectivity index (χ4v) is 3.53. The molecule has 4 nitrogen and oxygen atoms in total. The molecule has 5 heteroatoms. The van der Waals surface area contributed by atoms with Crippen LogP contribution in [-0.4, -0.2) is 34.7 Å². The molecule has 0 bridgehead atoms. The number of thiazole rings is 1. The van der Waals surface area contributed by atoms with Gasteiger partial charge in [0.1, 0.15) is 5.01 Å². The van der Waals surface area contributed by atoms with Crippen molar-refractivity contribution in [1.82, 2.24) is 14.5 Å². The topological polar surface area (TPSA) is 30.3 Å². The zero-order chi connectivity index (χ0) is 13.8. The molecule has 2 aromatic rings. The van der Waals surface area contributed by atoms with Crippen molar-refractivity contribution in [3.05, 3.63) is 40.6 Å². The van der Waals surface area contributed by atoms with Crippen molar-refractivity contribution in [2.45, 2.75) is 26.1 Å². The van der Waals surface area contributed by atoms with Gasteiger partial charge < -0.3 is 9.30 Å². The van der Waals surface area contributed by atoms with Gasteiger partial charge in [-0.2, -0.15) is 0 Å². The summed E-state index contributed by atoms with van der Waals surface area (Å²) in [6, 6.07) is 4.38. The lowest BCUT2D eigenvalue weighted by molar-refractivity contribution is 0.151. The Hall–Kier alpha value is -1.17. The van der Waals surface area contributed by atoms with E-state index < -0.39 is 0 Å². The van der Waals surface area contributed by atoms with Crippen molar-refractivity contribution in [3.63, 3.8) is 0 Å². The highest BCUT2D eigenvalue weighted by atomic mass is 32.1. The third kappa shape index (κ3) is 3.29. The minimum atomic E-state index is 0.642. The van der Waals surface area contributed by atoms with Crippen LogP contribution in [0.25, 0.3) is 0 Å². The fraction of sp³-hybridized carbons (Fsp3) is 0.533. The average molecular weight is 291 g/mol. The van der Waals surface area contributed by atoms with Crippen LogP contribution in [0.2, 0.25) is 0 Å². The summed E-state index contributed by atoms with van der Waals surface area (Å²) in [5, 5.41) is 3.26. The van der Waals surface area contributed by atoms with Crippen LogP contribution in [0.15, 0.2) is 29.9 Å². The van der Waals surface area contributed by atoms with Crippen LogP contribution in [-0.2, 0) is 24.4 Å². The third-order valence-electron chi connectivity index (χ3n) is 3.85. The first-order chi connectivity index (χ1) is 9.85. The lowest BCUT2D eigenvalue weighted by atomic mass is 10.1. The van der Waals surface area contributed by atoms with Gasteiger partial charge in [-0.15, -0.1) is 11.3 Å². The summed E-state index contributed by atoms with van der Waals surface area (Å²) in [6.45, 7) is 5.01. The quantitative estimate of drug-likeness (QED) is 0.848. The molecule has 0 aliphatic carbocycles. The number of nitrogens with zero attached hydrogens (tertiary/aromatic N) is 3. The molecule has 0 aromatic carbocycles. The molecule has 3 rings (SSSR count). The van der Waals surface area contributed by atoms with Crippen LogP contribution >= 0.6 is 11.3 Å². The van der Waals surface area contributed by atoms with Crippen LogP contribution < -0.4 is 0 Å². The van der Waals surface area contributed by atoms with Crippen molar-refractivity contribution < 1.29 is 4.74 Å². The summed E-state index contributed by atoms with van der Waals surface area (Å²) in [4.78, 5) is 6.93. The number of rotatable bonds is 5. The number of fused-ring (bicyclic) bond motifs is 1. The Bertz CT molecular complexity index is 523. The number of ether oxygens (including phenoxy) is 1. The zero-order valence-electron chi connectivity index (χ0n) is 11.9. The van der Waals surface area contributed by atoms with Crippen LogP contribution in [0.1, 0.15) is 17.1 Å². The molecular weight excluding hydrogens is 270 g/mol. The first-order valence-electron chi connectivity index (χ1n) is 7.09. The summed E-state index contributed by atoms with van der Waals surface area (Å²) in [5.41, 5.74) is 1.40. The minimum Gasteiger partial charge on any atom is -0.385 e. The Labute approximate surface area is 124 Å². The van der Waals surface area contributed by atoms with Gasteiger partial charge in [-0.05, 0) is 24.5 Å². The molecule has 0 amide bonds. The Kier molecular flexibility index (Phi) is 4.50. The highest BCUT2D eigenvalue weighted by Crippen LogP contribution is 2.21. The second-order valence-electron chi connectivity index (χ2n) is 5.39. The first kappa shape index (κ1) is 13.8. The van der Waals surface area contributed by atoms with E-state index >= 15 is 0 Å². The molecule has 1 aliphatic rings. The second kappa shape index (κ2) is 6.52. The minimum absolute atomic E-state index is 0.642. The lowest BCUT2D eigenvalue weighted by Gasteiger charge is -2.22. The van der Waals surface area contributed by atoms with Crippen molar-refractivity contribution in [2.75, 3.05) is 20.3 Å². The first-order valence-corrected chi connectivity index (χ1v) is 7.97. The largest absolute Gasteiger partial charge is 0.385 e. The van der Waals surface area contributed by atoms with E-state index in [1.54, 1.807) is 18.4 Å². The molecule has 0 unspecified atom stereocenters.